The average molecular weight is 347 g/mol. The summed E-state index contributed by atoms with van der Waals surface area (Å²) in [6.45, 7) is 1.90. The zero-order chi connectivity index (χ0) is 17.3. The summed E-state index contributed by atoms with van der Waals surface area (Å²) in [4.78, 5) is 26.1. The summed E-state index contributed by atoms with van der Waals surface area (Å²) < 4.78 is 25.2. The Morgan fingerprint density at radius 2 is 1.92 bits per heavy atom. The first-order valence-corrected chi connectivity index (χ1v) is 9.09. The number of benzene rings is 1. The molecule has 0 atom stereocenters. The minimum Gasteiger partial charge on any atom is -0.356 e. The molecule has 0 saturated carbocycles. The van der Waals surface area contributed by atoms with E-state index in [2.05, 4.69) is 10.3 Å². The molecular weight excluding hydrogens is 330 g/mol. The summed E-state index contributed by atoms with van der Waals surface area (Å²) in [7, 11) is -3.22. The SMILES string of the molecule is CC(=O)c1c[nH]c(C(=O)Nc2ccc(N3CCCS3(=O)=O)cc2)c1. The number of hydrogen-bond acceptors (Lipinski definition) is 4. The maximum Gasteiger partial charge on any atom is 0.272 e. The lowest BCUT2D eigenvalue weighted by Crippen LogP contribution is -2.25. The van der Waals surface area contributed by atoms with Gasteiger partial charge in [0.25, 0.3) is 5.91 Å². The summed E-state index contributed by atoms with van der Waals surface area (Å²) in [5, 5.41) is 2.70. The predicted molar refractivity (Wildman–Crippen MR) is 90.9 cm³/mol. The monoisotopic (exact) mass is 347 g/mol. The number of nitrogens with zero attached hydrogens (tertiary/aromatic N) is 1. The van der Waals surface area contributed by atoms with Crippen LogP contribution in [0, 0.1) is 0 Å². The lowest BCUT2D eigenvalue weighted by Gasteiger charge is -2.17. The lowest BCUT2D eigenvalue weighted by atomic mass is 10.2. The molecule has 2 aromatic rings. The molecule has 2 N–H and O–H groups in total. The number of Topliss-reactive ketones (excluding diaryl/α,β-unsaturated/α-hetero) is 1. The number of aromatic nitrogens is 1. The van der Waals surface area contributed by atoms with E-state index in [4.69, 9.17) is 0 Å². The minimum absolute atomic E-state index is 0.124. The van der Waals surface area contributed by atoms with Crippen LogP contribution in [0.1, 0.15) is 34.2 Å². The maximum absolute atomic E-state index is 12.1. The van der Waals surface area contributed by atoms with Gasteiger partial charge in [0.1, 0.15) is 5.69 Å². The number of anilines is 2. The second-order valence-electron chi connectivity index (χ2n) is 5.60. The summed E-state index contributed by atoms with van der Waals surface area (Å²) in [6, 6.07) is 8.11. The Hall–Kier alpha value is -2.61. The molecule has 0 radical (unpaired) electrons. The van der Waals surface area contributed by atoms with Crippen LogP contribution in [0.5, 0.6) is 0 Å². The van der Waals surface area contributed by atoms with Gasteiger partial charge in [-0.2, -0.15) is 0 Å². The van der Waals surface area contributed by atoms with E-state index in [0.29, 0.717) is 29.9 Å². The van der Waals surface area contributed by atoms with Crippen LogP contribution < -0.4 is 9.62 Å². The van der Waals surface area contributed by atoms with Crippen LogP contribution in [-0.2, 0) is 10.0 Å². The summed E-state index contributed by atoms with van der Waals surface area (Å²) in [5.74, 6) is -0.331. The molecule has 0 spiro atoms. The van der Waals surface area contributed by atoms with Crippen molar-refractivity contribution in [1.29, 1.82) is 0 Å². The number of hydrogen-bond donors (Lipinski definition) is 2. The van der Waals surface area contributed by atoms with Gasteiger partial charge < -0.3 is 10.3 Å². The third-order valence-corrected chi connectivity index (χ3v) is 5.72. The van der Waals surface area contributed by atoms with Gasteiger partial charge >= 0.3 is 0 Å². The van der Waals surface area contributed by atoms with E-state index < -0.39 is 10.0 Å². The summed E-state index contributed by atoms with van der Waals surface area (Å²) in [6.07, 6.45) is 2.10. The number of rotatable bonds is 4. The molecule has 1 aromatic heterocycles. The van der Waals surface area contributed by atoms with Crippen LogP contribution in [-0.4, -0.2) is 37.4 Å². The third kappa shape index (κ3) is 3.18. The fourth-order valence-electron chi connectivity index (χ4n) is 2.57. The number of nitrogens with one attached hydrogen (secondary N) is 2. The van der Waals surface area contributed by atoms with Crippen molar-refractivity contribution in [1.82, 2.24) is 4.98 Å². The van der Waals surface area contributed by atoms with E-state index in [-0.39, 0.29) is 23.1 Å². The van der Waals surface area contributed by atoms with Gasteiger partial charge in [0.2, 0.25) is 10.0 Å². The molecule has 24 heavy (non-hydrogen) atoms. The molecule has 3 rings (SSSR count). The van der Waals surface area contributed by atoms with E-state index in [1.54, 1.807) is 24.3 Å². The van der Waals surface area contributed by atoms with Crippen molar-refractivity contribution in [2.24, 2.45) is 0 Å². The highest BCUT2D eigenvalue weighted by Crippen LogP contribution is 2.25. The number of sulfonamides is 1. The fraction of sp³-hybridized carbons (Fsp3) is 0.250. The van der Waals surface area contributed by atoms with Crippen LogP contribution in [0.15, 0.2) is 36.5 Å². The Bertz CT molecular complexity index is 884. The smallest absolute Gasteiger partial charge is 0.272 e. The minimum atomic E-state index is -3.22. The first-order valence-electron chi connectivity index (χ1n) is 7.48. The lowest BCUT2D eigenvalue weighted by molar-refractivity contribution is 0.101. The largest absolute Gasteiger partial charge is 0.356 e. The molecule has 1 saturated heterocycles. The van der Waals surface area contributed by atoms with Crippen LogP contribution in [0.3, 0.4) is 0 Å². The molecule has 1 fully saturated rings. The molecule has 1 aliphatic rings. The first kappa shape index (κ1) is 16.3. The molecule has 0 unspecified atom stereocenters. The number of carbonyl (C=O) groups is 2. The van der Waals surface area contributed by atoms with Gasteiger partial charge in [-0.15, -0.1) is 0 Å². The number of aromatic amines is 1. The van der Waals surface area contributed by atoms with Crippen LogP contribution in [0.2, 0.25) is 0 Å². The molecule has 2 heterocycles. The standard InChI is InChI=1S/C16H17N3O4S/c1-11(20)12-9-15(17-10-12)16(21)18-13-3-5-14(6-4-13)19-7-2-8-24(19,22)23/h3-6,9-10,17H,2,7-8H2,1H3,(H,18,21). The predicted octanol–water partition coefficient (Wildman–Crippen LogP) is 2.01. The molecule has 7 nitrogen and oxygen atoms in total. The molecule has 1 aromatic carbocycles. The van der Waals surface area contributed by atoms with E-state index >= 15 is 0 Å². The Balaban J connectivity index is 1.72. The first-order chi connectivity index (χ1) is 11.4. The number of amides is 1. The molecule has 1 aliphatic heterocycles. The quantitative estimate of drug-likeness (QED) is 0.826. The number of carbonyl (C=O) groups excluding carboxylic acids is 2. The van der Waals surface area contributed by atoms with Gasteiger partial charge in [-0.05, 0) is 43.7 Å². The average Bonchev–Trinajstić information content (AvgIpc) is 3.14. The van der Waals surface area contributed by atoms with Crippen molar-refractivity contribution in [3.05, 3.63) is 47.8 Å². The third-order valence-electron chi connectivity index (χ3n) is 3.85. The molecule has 126 valence electrons. The Kier molecular flexibility index (Phi) is 4.15. The van der Waals surface area contributed by atoms with Crippen LogP contribution in [0.25, 0.3) is 0 Å². The molecule has 0 bridgehead atoms. The van der Waals surface area contributed by atoms with Gasteiger partial charge in [0.15, 0.2) is 5.78 Å². The molecule has 1 amide bonds. The number of ketones is 1. The second kappa shape index (κ2) is 6.12. The van der Waals surface area contributed by atoms with Gasteiger partial charge in [-0.1, -0.05) is 0 Å². The summed E-state index contributed by atoms with van der Waals surface area (Å²) in [5.41, 5.74) is 1.85. The zero-order valence-corrected chi connectivity index (χ0v) is 13.9. The van der Waals surface area contributed by atoms with E-state index in [0.717, 1.165) is 0 Å². The highest BCUT2D eigenvalue weighted by atomic mass is 32.2. The van der Waals surface area contributed by atoms with E-state index in [1.165, 1.54) is 23.5 Å². The fourth-order valence-corrected chi connectivity index (χ4v) is 4.13. The van der Waals surface area contributed by atoms with Gasteiger partial charge in [-0.3, -0.25) is 13.9 Å². The Morgan fingerprint density at radius 3 is 2.46 bits per heavy atom. The van der Waals surface area contributed by atoms with Crippen molar-refractivity contribution >= 4 is 33.1 Å². The Morgan fingerprint density at radius 1 is 1.21 bits per heavy atom. The van der Waals surface area contributed by atoms with Gasteiger partial charge in [0.05, 0.1) is 11.4 Å². The van der Waals surface area contributed by atoms with Crippen molar-refractivity contribution < 1.29 is 18.0 Å². The molecule has 8 heteroatoms. The van der Waals surface area contributed by atoms with E-state index in [1.807, 2.05) is 0 Å². The second-order valence-corrected chi connectivity index (χ2v) is 7.61. The maximum atomic E-state index is 12.1. The highest BCUT2D eigenvalue weighted by Gasteiger charge is 2.28. The van der Waals surface area contributed by atoms with Crippen molar-refractivity contribution in [2.45, 2.75) is 13.3 Å². The van der Waals surface area contributed by atoms with Crippen molar-refractivity contribution in [3.8, 4) is 0 Å². The molecular formula is C16H17N3O4S. The Labute approximate surface area is 139 Å². The van der Waals surface area contributed by atoms with Crippen LogP contribution in [0.4, 0.5) is 11.4 Å². The summed E-state index contributed by atoms with van der Waals surface area (Å²) >= 11 is 0. The van der Waals surface area contributed by atoms with E-state index in [9.17, 15) is 18.0 Å². The van der Waals surface area contributed by atoms with Gasteiger partial charge in [-0.25, -0.2) is 8.42 Å². The van der Waals surface area contributed by atoms with Crippen molar-refractivity contribution in [3.63, 3.8) is 0 Å². The van der Waals surface area contributed by atoms with Crippen molar-refractivity contribution in [2.75, 3.05) is 21.9 Å². The van der Waals surface area contributed by atoms with Crippen LogP contribution >= 0.6 is 0 Å². The zero-order valence-electron chi connectivity index (χ0n) is 13.1. The highest BCUT2D eigenvalue weighted by molar-refractivity contribution is 7.93. The normalized spacial score (nSPS) is 16.1. The topological polar surface area (TPSA) is 99.3 Å². The molecule has 0 aliphatic carbocycles. The number of H-pyrrole nitrogens is 1. The van der Waals surface area contributed by atoms with Gasteiger partial charge in [0, 0.05) is 24.0 Å².